The number of hydrogen-bond donors (Lipinski definition) is 0. The average Bonchev–Trinajstić information content (AvgIpc) is 2.75. The van der Waals surface area contributed by atoms with Gasteiger partial charge in [0.1, 0.15) is 0 Å². The van der Waals surface area contributed by atoms with E-state index in [0.717, 1.165) is 0 Å². The van der Waals surface area contributed by atoms with Crippen LogP contribution >= 0.6 is 0 Å². The lowest BCUT2D eigenvalue weighted by atomic mass is 9.85. The lowest BCUT2D eigenvalue weighted by molar-refractivity contribution is 0.589. The highest BCUT2D eigenvalue weighted by Crippen LogP contribution is 2.31. The molecule has 1 aliphatic rings. The second kappa shape index (κ2) is 5.92. The van der Waals surface area contributed by atoms with Crippen LogP contribution in [0.4, 0.5) is 0 Å². The van der Waals surface area contributed by atoms with Crippen molar-refractivity contribution < 1.29 is 16.4 Å². The molecule has 0 saturated carbocycles. The molecule has 1 aliphatic carbocycles. The van der Waals surface area contributed by atoms with Gasteiger partial charge < -0.3 is 0 Å². The summed E-state index contributed by atoms with van der Waals surface area (Å²) in [6.07, 6.45) is -3.00. The Bertz CT molecular complexity index is 1240. The van der Waals surface area contributed by atoms with E-state index >= 15 is 0 Å². The highest BCUT2D eigenvalue weighted by molar-refractivity contribution is 5.70. The van der Waals surface area contributed by atoms with Gasteiger partial charge in [-0.15, -0.1) is 0 Å². The maximum Gasteiger partial charge on any atom is 0.0712 e. The number of aromatic nitrogens is 1. The molecule has 0 bridgehead atoms. The molecule has 1 aromatic heterocycles. The van der Waals surface area contributed by atoms with E-state index in [1.165, 1.54) is 0 Å². The molecular weight excluding hydrogens is 266 g/mol. The number of benzene rings is 1. The number of rotatable bonds is 2. The monoisotopic (exact) mass is 301 g/mol. The molecule has 0 N–H and O–H groups in total. The zero-order valence-corrected chi connectivity index (χ0v) is 12.6. The standard InChI is InChI=1S/C21H23N/c1-21(2,3)18-14-19(16-10-6-4-7-11-16)22-20(15-18)17-12-8-5-9-13-17/h4-8,10-12,14-15H,9,13H2,1-3H3/i4D,5D,6D,7D,8D,9D,10D,11D,12D,13D,14D,15D. The number of hydrogen-bond acceptors (Lipinski definition) is 1. The molecule has 2 aromatic rings. The van der Waals surface area contributed by atoms with Crippen LogP contribution in [-0.4, -0.2) is 4.98 Å². The molecule has 1 heterocycles. The van der Waals surface area contributed by atoms with Crippen molar-refractivity contribution >= 4 is 5.57 Å². The van der Waals surface area contributed by atoms with Crippen molar-refractivity contribution in [3.8, 4) is 11.3 Å². The van der Waals surface area contributed by atoms with Crippen LogP contribution in [0.25, 0.3) is 16.8 Å². The summed E-state index contributed by atoms with van der Waals surface area (Å²) in [5.41, 5.74) is -1.91. The summed E-state index contributed by atoms with van der Waals surface area (Å²) in [7, 11) is 0. The third-order valence-corrected chi connectivity index (χ3v) is 3.06. The average molecular weight is 301 g/mol. The highest BCUT2D eigenvalue weighted by Gasteiger charge is 2.18. The molecule has 22 heavy (non-hydrogen) atoms. The van der Waals surface area contributed by atoms with Gasteiger partial charge in [-0.2, -0.15) is 0 Å². The first-order valence-electron chi connectivity index (χ1n) is 13.0. The lowest BCUT2D eigenvalue weighted by Gasteiger charge is -2.22. The summed E-state index contributed by atoms with van der Waals surface area (Å²) in [5.74, 6) is 0. The molecule has 2 unspecified atom stereocenters. The van der Waals surface area contributed by atoms with Gasteiger partial charge in [-0.1, -0.05) is 69.1 Å². The first-order valence-corrected chi connectivity index (χ1v) is 6.86. The zero-order chi connectivity index (χ0) is 26.0. The fourth-order valence-corrected chi connectivity index (χ4v) is 1.88. The molecule has 2 atom stereocenters. The Morgan fingerprint density at radius 2 is 1.82 bits per heavy atom. The molecule has 1 aromatic carbocycles. The van der Waals surface area contributed by atoms with E-state index in [1.807, 2.05) is 0 Å². The SMILES string of the molecule is [2H]C1=C([2H])C([2H])C([2H])C(c2nc(-c3c([2H])c([2H])c([2H])c([2H])c3[2H])c([2H])c(C(C)(C)C)c2[2H])=C1[2H]. The van der Waals surface area contributed by atoms with Gasteiger partial charge in [-0.05, 0) is 41.4 Å². The molecule has 0 radical (unpaired) electrons. The molecule has 0 amide bonds. The fraction of sp³-hybridized carbons (Fsp3) is 0.286. The van der Waals surface area contributed by atoms with Crippen LogP contribution in [-0.2, 0) is 5.41 Å². The Kier molecular flexibility index (Phi) is 1.66. The first kappa shape index (κ1) is 6.16. The Balaban J connectivity index is 2.55. The number of nitrogens with zero attached hydrogens (tertiary/aromatic N) is 1. The first-order chi connectivity index (χ1) is 15.5. The van der Waals surface area contributed by atoms with Crippen LogP contribution in [0, 0.1) is 0 Å². The summed E-state index contributed by atoms with van der Waals surface area (Å²) in [6.45, 7) is 5.15. The van der Waals surface area contributed by atoms with Crippen LogP contribution in [0.15, 0.2) is 60.5 Å². The van der Waals surface area contributed by atoms with Gasteiger partial charge in [0, 0.05) is 8.30 Å². The summed E-state index contributed by atoms with van der Waals surface area (Å²) in [5, 5.41) is 0. The summed E-state index contributed by atoms with van der Waals surface area (Å²) in [6, 6.07) is -5.28. The summed E-state index contributed by atoms with van der Waals surface area (Å²) in [4.78, 5) is 4.28. The molecule has 1 nitrogen and oxygen atoms in total. The molecule has 0 aliphatic heterocycles. The normalized spacial score (nSPS) is 30.5. The van der Waals surface area contributed by atoms with Crippen LogP contribution in [0.1, 0.15) is 61.3 Å². The third kappa shape index (κ3) is 3.19. The molecular formula is C21H23N. The van der Waals surface area contributed by atoms with Crippen molar-refractivity contribution in [3.05, 3.63) is 71.7 Å². The Hall–Kier alpha value is -2.15. The summed E-state index contributed by atoms with van der Waals surface area (Å²) >= 11 is 0. The number of allylic oxidation sites excluding steroid dienone is 4. The van der Waals surface area contributed by atoms with Crippen molar-refractivity contribution in [1.82, 2.24) is 4.98 Å². The molecule has 0 spiro atoms. The molecule has 0 saturated heterocycles. The predicted molar refractivity (Wildman–Crippen MR) is 94.7 cm³/mol. The molecule has 1 heteroatoms. The molecule has 0 fully saturated rings. The van der Waals surface area contributed by atoms with Crippen LogP contribution < -0.4 is 0 Å². The van der Waals surface area contributed by atoms with E-state index < -0.39 is 66.6 Å². The minimum atomic E-state index is -1.51. The van der Waals surface area contributed by atoms with Gasteiger partial charge in [0.2, 0.25) is 0 Å². The van der Waals surface area contributed by atoms with Crippen molar-refractivity contribution in [2.24, 2.45) is 0 Å². The van der Waals surface area contributed by atoms with E-state index in [0.29, 0.717) is 0 Å². The van der Waals surface area contributed by atoms with Gasteiger partial charge in [0.25, 0.3) is 0 Å². The van der Waals surface area contributed by atoms with Crippen molar-refractivity contribution in [3.63, 3.8) is 0 Å². The van der Waals surface area contributed by atoms with E-state index in [1.54, 1.807) is 20.8 Å². The van der Waals surface area contributed by atoms with Crippen LogP contribution in [0.3, 0.4) is 0 Å². The third-order valence-electron chi connectivity index (χ3n) is 3.06. The van der Waals surface area contributed by atoms with E-state index in [-0.39, 0.29) is 40.2 Å². The minimum absolute atomic E-state index is 0.112. The smallest absolute Gasteiger partial charge is 0.0712 e. The van der Waals surface area contributed by atoms with E-state index in [2.05, 4.69) is 4.98 Å². The van der Waals surface area contributed by atoms with Gasteiger partial charge in [-0.3, -0.25) is 0 Å². The van der Waals surface area contributed by atoms with Crippen LogP contribution in [0.2, 0.25) is 0 Å². The Morgan fingerprint density at radius 1 is 1.09 bits per heavy atom. The Morgan fingerprint density at radius 3 is 2.55 bits per heavy atom. The number of pyridine rings is 1. The predicted octanol–water partition coefficient (Wildman–Crippen LogP) is 5.78. The molecule has 3 rings (SSSR count). The van der Waals surface area contributed by atoms with Crippen molar-refractivity contribution in [2.75, 3.05) is 0 Å². The topological polar surface area (TPSA) is 12.9 Å². The largest absolute Gasteiger partial charge is 0.248 e. The van der Waals surface area contributed by atoms with Gasteiger partial charge >= 0.3 is 0 Å². The van der Waals surface area contributed by atoms with Gasteiger partial charge in [-0.25, -0.2) is 4.98 Å². The van der Waals surface area contributed by atoms with Crippen molar-refractivity contribution in [2.45, 2.75) is 39.0 Å². The highest BCUT2D eigenvalue weighted by atomic mass is 14.7. The molecule has 112 valence electrons. The van der Waals surface area contributed by atoms with Gasteiger partial charge in [0.15, 0.2) is 0 Å². The maximum atomic E-state index is 8.76. The van der Waals surface area contributed by atoms with E-state index in [9.17, 15) is 0 Å². The van der Waals surface area contributed by atoms with Gasteiger partial charge in [0.05, 0.1) is 25.1 Å². The Labute approximate surface area is 150 Å². The second-order valence-electron chi connectivity index (χ2n) is 5.83. The van der Waals surface area contributed by atoms with E-state index in [4.69, 9.17) is 16.4 Å². The minimum Gasteiger partial charge on any atom is -0.248 e. The summed E-state index contributed by atoms with van der Waals surface area (Å²) < 4.78 is 98.7. The quantitative estimate of drug-likeness (QED) is 0.685. The fourth-order valence-electron chi connectivity index (χ4n) is 1.88. The maximum absolute atomic E-state index is 8.76. The lowest BCUT2D eigenvalue weighted by Crippen LogP contribution is -2.12. The zero-order valence-electron chi connectivity index (χ0n) is 24.6. The van der Waals surface area contributed by atoms with Crippen LogP contribution in [0.5, 0.6) is 0 Å². The second-order valence-corrected chi connectivity index (χ2v) is 5.83. The van der Waals surface area contributed by atoms with Crippen molar-refractivity contribution in [1.29, 1.82) is 0 Å².